The van der Waals surface area contributed by atoms with Crippen LogP contribution in [-0.4, -0.2) is 20.9 Å². The fraction of sp³-hybridized carbons (Fsp3) is 0.125. The lowest BCUT2D eigenvalue weighted by Gasteiger charge is -1.96. The van der Waals surface area contributed by atoms with Crippen LogP contribution < -0.4 is 0 Å². The Kier molecular flexibility index (Phi) is 1.91. The van der Waals surface area contributed by atoms with Crippen LogP contribution in [0.2, 0.25) is 0 Å². The van der Waals surface area contributed by atoms with Gasteiger partial charge in [-0.05, 0) is 18.4 Å². The first-order valence-electron chi connectivity index (χ1n) is 3.64. The minimum absolute atomic E-state index is 0.535. The van der Waals surface area contributed by atoms with Crippen molar-refractivity contribution in [1.29, 1.82) is 5.26 Å². The molecule has 2 heterocycles. The van der Waals surface area contributed by atoms with E-state index in [-0.39, 0.29) is 0 Å². The molecule has 0 aliphatic heterocycles. The molecule has 0 atom stereocenters. The number of nitrogens with zero attached hydrogens (tertiary/aromatic N) is 4. The summed E-state index contributed by atoms with van der Waals surface area (Å²) in [5.74, 6) is 0. The van der Waals surface area contributed by atoms with Gasteiger partial charge in [0.2, 0.25) is 5.16 Å². The van der Waals surface area contributed by atoms with Crippen molar-refractivity contribution in [3.63, 3.8) is 0 Å². The van der Waals surface area contributed by atoms with Crippen LogP contribution in [0.3, 0.4) is 0 Å². The molecule has 0 bridgehead atoms. The van der Waals surface area contributed by atoms with E-state index in [4.69, 9.17) is 5.26 Å². The number of hydrogen-bond donors (Lipinski definition) is 0. The standard InChI is InChI=1S/C8H6N4S/c1-13-8-10-5-7-3-2-6(4-9)12(7)11-8/h2-3,5H,1H3. The highest BCUT2D eigenvalue weighted by molar-refractivity contribution is 7.98. The van der Waals surface area contributed by atoms with Gasteiger partial charge in [-0.15, -0.1) is 5.10 Å². The van der Waals surface area contributed by atoms with Gasteiger partial charge in [0.1, 0.15) is 11.8 Å². The maximum atomic E-state index is 8.75. The second-order valence-corrected chi connectivity index (χ2v) is 3.19. The van der Waals surface area contributed by atoms with Crippen LogP contribution >= 0.6 is 11.8 Å². The van der Waals surface area contributed by atoms with Crippen LogP contribution in [-0.2, 0) is 0 Å². The van der Waals surface area contributed by atoms with E-state index in [1.807, 2.05) is 12.3 Å². The van der Waals surface area contributed by atoms with E-state index in [0.29, 0.717) is 10.9 Å². The fourth-order valence-electron chi connectivity index (χ4n) is 1.06. The molecule has 0 radical (unpaired) electrons. The third-order valence-corrected chi connectivity index (χ3v) is 2.23. The van der Waals surface area contributed by atoms with Crippen molar-refractivity contribution in [2.45, 2.75) is 5.16 Å². The molecule has 0 saturated carbocycles. The third-order valence-electron chi connectivity index (χ3n) is 1.67. The van der Waals surface area contributed by atoms with E-state index in [1.165, 1.54) is 11.8 Å². The molecule has 4 nitrogen and oxygen atoms in total. The van der Waals surface area contributed by atoms with E-state index < -0.39 is 0 Å². The molecular formula is C8H6N4S. The average Bonchev–Trinajstić information content (AvgIpc) is 2.59. The summed E-state index contributed by atoms with van der Waals surface area (Å²) in [5.41, 5.74) is 1.38. The van der Waals surface area contributed by atoms with Gasteiger partial charge in [-0.3, -0.25) is 0 Å². The van der Waals surface area contributed by atoms with Crippen LogP contribution in [0.1, 0.15) is 5.69 Å². The largest absolute Gasteiger partial charge is 0.228 e. The summed E-state index contributed by atoms with van der Waals surface area (Å²) in [4.78, 5) is 4.09. The van der Waals surface area contributed by atoms with E-state index in [9.17, 15) is 0 Å². The van der Waals surface area contributed by atoms with Gasteiger partial charge in [0.05, 0.1) is 11.7 Å². The summed E-state index contributed by atoms with van der Waals surface area (Å²) in [6.07, 6.45) is 3.61. The molecule has 64 valence electrons. The Bertz CT molecular complexity index is 482. The molecule has 0 spiro atoms. The van der Waals surface area contributed by atoms with Gasteiger partial charge in [-0.25, -0.2) is 9.50 Å². The highest BCUT2D eigenvalue weighted by Gasteiger charge is 2.02. The lowest BCUT2D eigenvalue weighted by atomic mass is 10.5. The molecule has 13 heavy (non-hydrogen) atoms. The zero-order valence-electron chi connectivity index (χ0n) is 6.93. The maximum absolute atomic E-state index is 8.75. The summed E-state index contributed by atoms with van der Waals surface area (Å²) in [6.45, 7) is 0. The normalized spacial score (nSPS) is 10.2. The van der Waals surface area contributed by atoms with E-state index >= 15 is 0 Å². The van der Waals surface area contributed by atoms with Gasteiger partial charge in [0.15, 0.2) is 0 Å². The zero-order chi connectivity index (χ0) is 9.26. The average molecular weight is 190 g/mol. The maximum Gasteiger partial charge on any atom is 0.207 e. The number of rotatable bonds is 1. The summed E-state index contributed by atoms with van der Waals surface area (Å²) in [6, 6.07) is 5.62. The quantitative estimate of drug-likeness (QED) is 0.636. The first-order chi connectivity index (χ1) is 6.35. The van der Waals surface area contributed by atoms with Gasteiger partial charge in [-0.1, -0.05) is 11.8 Å². The number of hydrogen-bond acceptors (Lipinski definition) is 4. The van der Waals surface area contributed by atoms with Crippen molar-refractivity contribution in [1.82, 2.24) is 14.6 Å². The van der Waals surface area contributed by atoms with Crippen molar-refractivity contribution in [2.75, 3.05) is 6.26 Å². The molecule has 0 amide bonds. The van der Waals surface area contributed by atoms with Crippen molar-refractivity contribution < 1.29 is 0 Å². The highest BCUT2D eigenvalue weighted by Crippen LogP contribution is 2.11. The molecule has 0 aromatic carbocycles. The molecule has 0 saturated heterocycles. The van der Waals surface area contributed by atoms with Crippen LogP contribution in [0, 0.1) is 11.3 Å². The summed E-state index contributed by atoms with van der Waals surface area (Å²) in [5, 5.41) is 13.6. The molecule has 0 fully saturated rings. The molecule has 2 aromatic rings. The van der Waals surface area contributed by atoms with E-state index in [0.717, 1.165) is 5.52 Å². The molecule has 2 aromatic heterocycles. The van der Waals surface area contributed by atoms with Crippen molar-refractivity contribution in [3.05, 3.63) is 24.0 Å². The minimum atomic E-state index is 0.535. The summed E-state index contributed by atoms with van der Waals surface area (Å²) in [7, 11) is 0. The Morgan fingerprint density at radius 2 is 2.38 bits per heavy atom. The predicted molar refractivity (Wildman–Crippen MR) is 49.5 cm³/mol. The molecule has 0 unspecified atom stereocenters. The first kappa shape index (κ1) is 8.08. The van der Waals surface area contributed by atoms with Crippen LogP contribution in [0.5, 0.6) is 0 Å². The van der Waals surface area contributed by atoms with Gasteiger partial charge >= 0.3 is 0 Å². The Balaban J connectivity index is 2.73. The minimum Gasteiger partial charge on any atom is -0.228 e. The van der Waals surface area contributed by atoms with E-state index in [1.54, 1.807) is 16.8 Å². The third kappa shape index (κ3) is 1.25. The smallest absolute Gasteiger partial charge is 0.207 e. The molecule has 5 heteroatoms. The predicted octanol–water partition coefficient (Wildman–Crippen LogP) is 1.32. The SMILES string of the molecule is CSc1ncc2ccc(C#N)n2n1. The van der Waals surface area contributed by atoms with Crippen LogP contribution in [0.25, 0.3) is 5.52 Å². The van der Waals surface area contributed by atoms with Crippen LogP contribution in [0.15, 0.2) is 23.5 Å². The monoisotopic (exact) mass is 190 g/mol. The summed E-state index contributed by atoms with van der Waals surface area (Å²) >= 11 is 1.45. The van der Waals surface area contributed by atoms with Crippen molar-refractivity contribution >= 4 is 17.3 Å². The number of nitriles is 1. The molecular weight excluding hydrogens is 184 g/mol. The fourth-order valence-corrected chi connectivity index (χ4v) is 1.39. The molecule has 0 aliphatic rings. The van der Waals surface area contributed by atoms with Gasteiger partial charge < -0.3 is 0 Å². The second-order valence-electron chi connectivity index (χ2n) is 2.41. The Labute approximate surface area is 79.2 Å². The lowest BCUT2D eigenvalue weighted by Crippen LogP contribution is -1.97. The van der Waals surface area contributed by atoms with Crippen LogP contribution in [0.4, 0.5) is 0 Å². The molecule has 0 N–H and O–H groups in total. The van der Waals surface area contributed by atoms with Crippen molar-refractivity contribution in [3.8, 4) is 6.07 Å². The topological polar surface area (TPSA) is 54.0 Å². The lowest BCUT2D eigenvalue weighted by molar-refractivity contribution is 0.791. The molecule has 0 aliphatic carbocycles. The Morgan fingerprint density at radius 3 is 3.08 bits per heavy atom. The van der Waals surface area contributed by atoms with Gasteiger partial charge in [-0.2, -0.15) is 5.26 Å². The van der Waals surface area contributed by atoms with Gasteiger partial charge in [0, 0.05) is 0 Å². The second kappa shape index (κ2) is 3.07. The van der Waals surface area contributed by atoms with Crippen molar-refractivity contribution in [2.24, 2.45) is 0 Å². The highest BCUT2D eigenvalue weighted by atomic mass is 32.2. The number of thioether (sulfide) groups is 1. The zero-order valence-corrected chi connectivity index (χ0v) is 7.75. The van der Waals surface area contributed by atoms with Gasteiger partial charge in [0.25, 0.3) is 0 Å². The molecule has 2 rings (SSSR count). The van der Waals surface area contributed by atoms with E-state index in [2.05, 4.69) is 16.2 Å². The first-order valence-corrected chi connectivity index (χ1v) is 4.86. The number of fused-ring (bicyclic) bond motifs is 1. The Hall–Kier alpha value is -1.54. The summed E-state index contributed by atoms with van der Waals surface area (Å²) < 4.78 is 1.60. The Morgan fingerprint density at radius 1 is 1.54 bits per heavy atom. The number of aromatic nitrogens is 3.